The smallest absolute Gasteiger partial charge is 0.347 e. The summed E-state index contributed by atoms with van der Waals surface area (Å²) in [5.41, 5.74) is 2.28. The van der Waals surface area contributed by atoms with E-state index >= 15 is 0 Å². The van der Waals surface area contributed by atoms with Crippen molar-refractivity contribution in [2.45, 2.75) is 13.0 Å². The lowest BCUT2D eigenvalue weighted by Gasteiger charge is -2.10. The van der Waals surface area contributed by atoms with Crippen LogP contribution in [0, 0.1) is 0 Å². The molecule has 8 heteroatoms. The lowest BCUT2D eigenvalue weighted by atomic mass is 10.1. The molecule has 0 bridgehead atoms. The molecule has 2 aromatic carbocycles. The van der Waals surface area contributed by atoms with E-state index in [-0.39, 0.29) is 18.5 Å². The molecule has 0 aliphatic carbocycles. The van der Waals surface area contributed by atoms with Crippen LogP contribution in [0.2, 0.25) is 0 Å². The molecule has 2 amide bonds. The van der Waals surface area contributed by atoms with Gasteiger partial charge in [0.1, 0.15) is 0 Å². The average Bonchev–Trinajstić information content (AvgIpc) is 3.18. The van der Waals surface area contributed by atoms with E-state index in [1.54, 1.807) is 18.3 Å². The highest BCUT2D eigenvalue weighted by Crippen LogP contribution is 2.32. The topological polar surface area (TPSA) is 94.5 Å². The molecule has 1 aromatic heterocycles. The van der Waals surface area contributed by atoms with Crippen molar-refractivity contribution in [3.63, 3.8) is 0 Å². The second-order valence-electron chi connectivity index (χ2n) is 6.55. The van der Waals surface area contributed by atoms with E-state index in [4.69, 9.17) is 9.47 Å². The van der Waals surface area contributed by atoms with Crippen LogP contribution in [-0.4, -0.2) is 28.9 Å². The van der Waals surface area contributed by atoms with Crippen LogP contribution in [0.3, 0.4) is 0 Å². The van der Waals surface area contributed by atoms with Gasteiger partial charge in [-0.2, -0.15) is 0 Å². The quantitative estimate of drug-likeness (QED) is 0.672. The first kappa shape index (κ1) is 18.5. The third-order valence-electron chi connectivity index (χ3n) is 4.46. The molecule has 0 saturated heterocycles. The molecule has 148 valence electrons. The lowest BCUT2D eigenvalue weighted by molar-refractivity contribution is 0.174. The number of urea groups is 1. The molecule has 4 rings (SSSR count). The van der Waals surface area contributed by atoms with Crippen LogP contribution in [0.4, 0.5) is 10.5 Å². The highest BCUT2D eigenvalue weighted by Gasteiger charge is 2.13. The van der Waals surface area contributed by atoms with Crippen LogP contribution >= 0.6 is 0 Å². The van der Waals surface area contributed by atoms with Crippen LogP contribution in [0.1, 0.15) is 11.1 Å². The number of aromatic nitrogens is 2. The van der Waals surface area contributed by atoms with Gasteiger partial charge in [0.05, 0.1) is 6.54 Å². The van der Waals surface area contributed by atoms with Gasteiger partial charge in [0, 0.05) is 24.6 Å². The summed E-state index contributed by atoms with van der Waals surface area (Å²) in [6.07, 6.45) is 3.82. The highest BCUT2D eigenvalue weighted by molar-refractivity contribution is 5.89. The van der Waals surface area contributed by atoms with Gasteiger partial charge in [0.25, 0.3) is 0 Å². The Hall–Kier alpha value is -3.81. The Morgan fingerprint density at radius 3 is 2.86 bits per heavy atom. The van der Waals surface area contributed by atoms with Gasteiger partial charge in [0.15, 0.2) is 11.5 Å². The molecule has 8 nitrogen and oxygen atoms in total. The molecule has 0 spiro atoms. The minimum atomic E-state index is -0.313. The number of amides is 2. The Kier molecular flexibility index (Phi) is 5.42. The molecule has 0 fully saturated rings. The molecule has 0 radical (unpaired) electrons. The van der Waals surface area contributed by atoms with Crippen molar-refractivity contribution >= 4 is 11.7 Å². The maximum Gasteiger partial charge on any atom is 0.347 e. The summed E-state index contributed by atoms with van der Waals surface area (Å²) >= 11 is 0. The molecule has 0 unspecified atom stereocenters. The predicted octanol–water partition coefficient (Wildman–Crippen LogP) is 2.38. The number of hydrogen-bond acceptors (Lipinski definition) is 5. The maximum absolute atomic E-state index is 12.2. The van der Waals surface area contributed by atoms with E-state index in [0.29, 0.717) is 25.2 Å². The first-order valence-electron chi connectivity index (χ1n) is 9.21. The number of hydrogen-bond donors (Lipinski definition) is 2. The molecule has 29 heavy (non-hydrogen) atoms. The number of benzene rings is 2. The maximum atomic E-state index is 12.2. The van der Waals surface area contributed by atoms with Gasteiger partial charge in [-0.25, -0.2) is 14.6 Å². The Morgan fingerprint density at radius 1 is 1.07 bits per heavy atom. The van der Waals surface area contributed by atoms with Gasteiger partial charge in [0.2, 0.25) is 6.79 Å². The second kappa shape index (κ2) is 8.47. The van der Waals surface area contributed by atoms with Gasteiger partial charge in [-0.1, -0.05) is 18.2 Å². The van der Waals surface area contributed by atoms with Crippen molar-refractivity contribution in [3.05, 3.63) is 82.5 Å². The van der Waals surface area contributed by atoms with Gasteiger partial charge in [-0.15, -0.1) is 0 Å². The van der Waals surface area contributed by atoms with Gasteiger partial charge in [-0.05, 0) is 47.9 Å². The standard InChI is InChI=1S/C21H20N4O4/c26-20(22-9-7-15-5-6-18-19(12-15)29-14-28-18)24-17-4-1-3-16(11-17)13-25-10-2-8-23-21(25)27/h1-6,8,10-12H,7,9,13-14H2,(H2,22,24,26). The van der Waals surface area contributed by atoms with E-state index in [2.05, 4.69) is 15.6 Å². The van der Waals surface area contributed by atoms with E-state index in [9.17, 15) is 9.59 Å². The molecule has 1 aliphatic rings. The van der Waals surface area contributed by atoms with Crippen LogP contribution < -0.4 is 25.8 Å². The first-order valence-corrected chi connectivity index (χ1v) is 9.21. The number of nitrogens with one attached hydrogen (secondary N) is 2. The van der Waals surface area contributed by atoms with Crippen LogP contribution in [0.15, 0.2) is 65.7 Å². The van der Waals surface area contributed by atoms with Gasteiger partial charge < -0.3 is 20.1 Å². The summed E-state index contributed by atoms with van der Waals surface area (Å²) in [6, 6.07) is 14.5. The molecule has 0 saturated carbocycles. The van der Waals surface area contributed by atoms with E-state index < -0.39 is 0 Å². The first-order chi connectivity index (χ1) is 14.2. The fourth-order valence-corrected chi connectivity index (χ4v) is 3.04. The van der Waals surface area contributed by atoms with Crippen molar-refractivity contribution in [1.29, 1.82) is 0 Å². The highest BCUT2D eigenvalue weighted by atomic mass is 16.7. The van der Waals surface area contributed by atoms with Crippen molar-refractivity contribution in [3.8, 4) is 11.5 Å². The van der Waals surface area contributed by atoms with Crippen molar-refractivity contribution < 1.29 is 14.3 Å². The number of ether oxygens (including phenoxy) is 2. The van der Waals surface area contributed by atoms with Crippen molar-refractivity contribution in [2.75, 3.05) is 18.7 Å². The minimum absolute atomic E-state index is 0.244. The third-order valence-corrected chi connectivity index (χ3v) is 4.46. The third kappa shape index (κ3) is 4.73. The summed E-state index contributed by atoms with van der Waals surface area (Å²) < 4.78 is 12.2. The van der Waals surface area contributed by atoms with Crippen molar-refractivity contribution in [2.24, 2.45) is 0 Å². The molecule has 3 aromatic rings. The van der Waals surface area contributed by atoms with Crippen molar-refractivity contribution in [1.82, 2.24) is 14.9 Å². The molecule has 0 atom stereocenters. The summed E-state index contributed by atoms with van der Waals surface area (Å²) in [4.78, 5) is 27.7. The number of carbonyl (C=O) groups excluding carboxylic acids is 1. The Bertz CT molecular complexity index is 1080. The zero-order valence-corrected chi connectivity index (χ0v) is 15.6. The van der Waals surface area contributed by atoms with Gasteiger partial charge in [-0.3, -0.25) is 4.57 Å². The Labute approximate surface area is 167 Å². The number of rotatable bonds is 6. The summed E-state index contributed by atoms with van der Waals surface area (Å²) in [5.74, 6) is 1.48. The molecular weight excluding hydrogens is 372 g/mol. The molecular formula is C21H20N4O4. The van der Waals surface area contributed by atoms with Crippen LogP contribution in [-0.2, 0) is 13.0 Å². The monoisotopic (exact) mass is 392 g/mol. The fourth-order valence-electron chi connectivity index (χ4n) is 3.04. The predicted molar refractivity (Wildman–Crippen MR) is 107 cm³/mol. The van der Waals surface area contributed by atoms with E-state index in [0.717, 1.165) is 22.6 Å². The normalized spacial score (nSPS) is 11.9. The fraction of sp³-hybridized carbons (Fsp3) is 0.190. The van der Waals surface area contributed by atoms with E-state index in [1.807, 2.05) is 36.4 Å². The zero-order valence-electron chi connectivity index (χ0n) is 15.6. The Morgan fingerprint density at radius 2 is 1.97 bits per heavy atom. The second-order valence-corrected chi connectivity index (χ2v) is 6.55. The van der Waals surface area contributed by atoms with Gasteiger partial charge >= 0.3 is 11.7 Å². The molecule has 1 aliphatic heterocycles. The van der Waals surface area contributed by atoms with Crippen LogP contribution in [0.25, 0.3) is 0 Å². The summed E-state index contributed by atoms with van der Waals surface area (Å²) in [5, 5.41) is 5.65. The average molecular weight is 392 g/mol. The number of anilines is 1. The van der Waals surface area contributed by atoms with E-state index in [1.165, 1.54) is 10.8 Å². The molecule has 2 N–H and O–H groups in total. The number of nitrogens with zero attached hydrogens (tertiary/aromatic N) is 2. The SMILES string of the molecule is O=C(NCCc1ccc2c(c1)OCO2)Nc1cccc(Cn2cccnc2=O)c1. The molecule has 2 heterocycles. The van der Waals surface area contributed by atoms with Crippen LogP contribution in [0.5, 0.6) is 11.5 Å². The minimum Gasteiger partial charge on any atom is -0.454 e. The summed E-state index contributed by atoms with van der Waals surface area (Å²) in [6.45, 7) is 1.11. The zero-order chi connectivity index (χ0) is 20.1. The largest absolute Gasteiger partial charge is 0.454 e. The number of fused-ring (bicyclic) bond motifs is 1. The Balaban J connectivity index is 1.29. The lowest BCUT2D eigenvalue weighted by Crippen LogP contribution is -2.30. The summed E-state index contributed by atoms with van der Waals surface area (Å²) in [7, 11) is 0. The number of carbonyl (C=O) groups is 1.